The van der Waals surface area contributed by atoms with Crippen molar-refractivity contribution in [2.24, 2.45) is 11.8 Å². The van der Waals surface area contributed by atoms with Crippen LogP contribution in [0.1, 0.15) is 32.6 Å². The quantitative estimate of drug-likeness (QED) is 0.615. The van der Waals surface area contributed by atoms with Crippen LogP contribution in [-0.2, 0) is 0 Å². The van der Waals surface area contributed by atoms with E-state index in [4.69, 9.17) is 0 Å². The van der Waals surface area contributed by atoms with E-state index in [1.165, 1.54) is 25.8 Å². The third-order valence-electron chi connectivity index (χ3n) is 4.06. The van der Waals surface area contributed by atoms with Gasteiger partial charge < -0.3 is 10.0 Å². The molecule has 1 heterocycles. The van der Waals surface area contributed by atoms with Gasteiger partial charge in [-0.3, -0.25) is 0 Å². The summed E-state index contributed by atoms with van der Waals surface area (Å²) >= 11 is 0. The fourth-order valence-electron chi connectivity index (χ4n) is 3.30. The first-order valence-corrected chi connectivity index (χ1v) is 5.58. The molecule has 4 atom stereocenters. The Balaban J connectivity index is 2.10. The Morgan fingerprint density at radius 1 is 1.23 bits per heavy atom. The van der Waals surface area contributed by atoms with Gasteiger partial charge in [0.05, 0.1) is 6.10 Å². The van der Waals surface area contributed by atoms with Gasteiger partial charge in [0.15, 0.2) is 0 Å². The van der Waals surface area contributed by atoms with Gasteiger partial charge in [0.2, 0.25) is 0 Å². The van der Waals surface area contributed by atoms with Crippen LogP contribution in [0.2, 0.25) is 0 Å². The molecule has 1 saturated heterocycles. The molecule has 4 unspecified atom stereocenters. The highest BCUT2D eigenvalue weighted by atomic mass is 16.3. The molecular weight excluding hydrogens is 162 g/mol. The van der Waals surface area contributed by atoms with E-state index in [0.717, 1.165) is 12.3 Å². The molecule has 1 N–H and O–H groups in total. The number of rotatable bonds is 0. The third-order valence-corrected chi connectivity index (χ3v) is 4.06. The standard InChI is InChI=1S/C11H21NO/c1-8-10(13)6-5-9-4-3-7-12(2)11(8)9/h8-11,13H,3-7H2,1-2H3. The molecule has 0 radical (unpaired) electrons. The number of nitrogens with zero attached hydrogens (tertiary/aromatic N) is 1. The molecule has 2 fully saturated rings. The Morgan fingerprint density at radius 3 is 2.77 bits per heavy atom. The van der Waals surface area contributed by atoms with Crippen LogP contribution in [0.25, 0.3) is 0 Å². The van der Waals surface area contributed by atoms with Gasteiger partial charge in [-0.15, -0.1) is 0 Å². The monoisotopic (exact) mass is 183 g/mol. The molecule has 0 aromatic rings. The molecule has 2 aliphatic rings. The van der Waals surface area contributed by atoms with E-state index in [2.05, 4.69) is 18.9 Å². The predicted molar refractivity (Wildman–Crippen MR) is 53.5 cm³/mol. The molecule has 2 rings (SSSR count). The predicted octanol–water partition coefficient (Wildman–Crippen LogP) is 1.49. The van der Waals surface area contributed by atoms with E-state index in [1.54, 1.807) is 0 Å². The van der Waals surface area contributed by atoms with E-state index in [-0.39, 0.29) is 6.10 Å². The molecule has 2 nitrogen and oxygen atoms in total. The molecule has 13 heavy (non-hydrogen) atoms. The van der Waals surface area contributed by atoms with Crippen molar-refractivity contribution in [1.82, 2.24) is 4.90 Å². The van der Waals surface area contributed by atoms with Crippen molar-refractivity contribution in [1.29, 1.82) is 0 Å². The molecule has 0 aromatic carbocycles. The first kappa shape index (κ1) is 9.47. The van der Waals surface area contributed by atoms with Gasteiger partial charge in [0, 0.05) is 6.04 Å². The lowest BCUT2D eigenvalue weighted by Gasteiger charge is -2.47. The second-order valence-electron chi connectivity index (χ2n) is 4.88. The molecule has 1 aliphatic heterocycles. The molecule has 0 amide bonds. The van der Waals surface area contributed by atoms with Crippen LogP contribution in [0.4, 0.5) is 0 Å². The summed E-state index contributed by atoms with van der Waals surface area (Å²) in [4.78, 5) is 2.46. The summed E-state index contributed by atoms with van der Waals surface area (Å²) in [5.74, 6) is 1.33. The van der Waals surface area contributed by atoms with E-state index < -0.39 is 0 Å². The lowest BCUT2D eigenvalue weighted by molar-refractivity contribution is -0.0327. The SMILES string of the molecule is CC1C(O)CCC2CCCN(C)C21. The van der Waals surface area contributed by atoms with E-state index in [9.17, 15) is 5.11 Å². The average molecular weight is 183 g/mol. The molecule has 2 heteroatoms. The normalized spacial score (nSPS) is 47.3. The molecule has 0 bridgehead atoms. The smallest absolute Gasteiger partial charge is 0.0580 e. The number of hydrogen-bond donors (Lipinski definition) is 1. The fourth-order valence-corrected chi connectivity index (χ4v) is 3.30. The largest absolute Gasteiger partial charge is 0.393 e. The summed E-state index contributed by atoms with van der Waals surface area (Å²) in [5.41, 5.74) is 0. The summed E-state index contributed by atoms with van der Waals surface area (Å²) in [7, 11) is 2.21. The highest BCUT2D eigenvalue weighted by molar-refractivity contribution is 4.93. The highest BCUT2D eigenvalue weighted by Crippen LogP contribution is 2.37. The topological polar surface area (TPSA) is 23.5 Å². The van der Waals surface area contributed by atoms with Crippen LogP contribution in [0.3, 0.4) is 0 Å². The number of aliphatic hydroxyl groups excluding tert-OH is 1. The zero-order chi connectivity index (χ0) is 9.42. The second kappa shape index (κ2) is 3.58. The van der Waals surface area contributed by atoms with Crippen LogP contribution in [0.15, 0.2) is 0 Å². The first-order chi connectivity index (χ1) is 6.20. The fraction of sp³-hybridized carbons (Fsp3) is 1.00. The van der Waals surface area contributed by atoms with Gasteiger partial charge in [-0.1, -0.05) is 6.92 Å². The van der Waals surface area contributed by atoms with Gasteiger partial charge >= 0.3 is 0 Å². The molecular formula is C11H21NO. The Bertz CT molecular complexity index is 181. The van der Waals surface area contributed by atoms with Crippen molar-refractivity contribution in [3.05, 3.63) is 0 Å². The van der Waals surface area contributed by atoms with Gasteiger partial charge in [0.1, 0.15) is 0 Å². The van der Waals surface area contributed by atoms with Crippen molar-refractivity contribution in [3.63, 3.8) is 0 Å². The van der Waals surface area contributed by atoms with Crippen LogP contribution in [-0.4, -0.2) is 35.7 Å². The van der Waals surface area contributed by atoms with Crippen molar-refractivity contribution in [2.75, 3.05) is 13.6 Å². The lowest BCUT2D eigenvalue weighted by atomic mass is 9.72. The molecule has 1 aliphatic carbocycles. The van der Waals surface area contributed by atoms with Gasteiger partial charge in [-0.2, -0.15) is 0 Å². The molecule has 0 spiro atoms. The second-order valence-corrected chi connectivity index (χ2v) is 4.88. The zero-order valence-corrected chi connectivity index (χ0v) is 8.74. The van der Waals surface area contributed by atoms with E-state index >= 15 is 0 Å². The Kier molecular flexibility index (Phi) is 2.61. The first-order valence-electron chi connectivity index (χ1n) is 5.58. The van der Waals surface area contributed by atoms with Gasteiger partial charge in [0.25, 0.3) is 0 Å². The lowest BCUT2D eigenvalue weighted by Crippen LogP contribution is -2.52. The number of hydrogen-bond acceptors (Lipinski definition) is 2. The Labute approximate surface area is 80.9 Å². The van der Waals surface area contributed by atoms with Gasteiger partial charge in [-0.25, -0.2) is 0 Å². The van der Waals surface area contributed by atoms with Crippen molar-refractivity contribution in [2.45, 2.75) is 44.8 Å². The summed E-state index contributed by atoms with van der Waals surface area (Å²) in [5, 5.41) is 9.81. The van der Waals surface area contributed by atoms with Crippen LogP contribution >= 0.6 is 0 Å². The summed E-state index contributed by atoms with van der Waals surface area (Å²) in [6.07, 6.45) is 4.94. The maximum atomic E-state index is 9.81. The number of fused-ring (bicyclic) bond motifs is 1. The Morgan fingerprint density at radius 2 is 2.00 bits per heavy atom. The zero-order valence-electron chi connectivity index (χ0n) is 8.74. The molecule has 76 valence electrons. The summed E-state index contributed by atoms with van der Waals surface area (Å²) in [6, 6.07) is 0.650. The number of piperidine rings is 1. The Hall–Kier alpha value is -0.0800. The highest BCUT2D eigenvalue weighted by Gasteiger charge is 2.39. The minimum atomic E-state index is -0.0539. The maximum absolute atomic E-state index is 9.81. The van der Waals surface area contributed by atoms with Crippen molar-refractivity contribution < 1.29 is 5.11 Å². The van der Waals surface area contributed by atoms with Gasteiger partial charge in [-0.05, 0) is 51.1 Å². The summed E-state index contributed by atoms with van der Waals surface area (Å²) in [6.45, 7) is 3.43. The van der Waals surface area contributed by atoms with Crippen LogP contribution in [0.5, 0.6) is 0 Å². The van der Waals surface area contributed by atoms with E-state index in [1.807, 2.05) is 0 Å². The van der Waals surface area contributed by atoms with Crippen LogP contribution < -0.4 is 0 Å². The summed E-state index contributed by atoms with van der Waals surface area (Å²) < 4.78 is 0. The maximum Gasteiger partial charge on any atom is 0.0580 e. The van der Waals surface area contributed by atoms with Crippen molar-refractivity contribution >= 4 is 0 Å². The number of aliphatic hydroxyl groups is 1. The third kappa shape index (κ3) is 1.62. The minimum Gasteiger partial charge on any atom is -0.393 e. The number of likely N-dealkylation sites (tertiary alicyclic amines) is 1. The van der Waals surface area contributed by atoms with Crippen molar-refractivity contribution in [3.8, 4) is 0 Å². The molecule has 1 saturated carbocycles. The molecule has 0 aromatic heterocycles. The average Bonchev–Trinajstić information content (AvgIpc) is 2.12. The van der Waals surface area contributed by atoms with E-state index in [0.29, 0.717) is 12.0 Å². The van der Waals surface area contributed by atoms with Crippen LogP contribution in [0, 0.1) is 11.8 Å². The minimum absolute atomic E-state index is 0.0539.